The van der Waals surface area contributed by atoms with E-state index in [-0.39, 0.29) is 12.0 Å². The van der Waals surface area contributed by atoms with Crippen LogP contribution in [0.5, 0.6) is 0 Å². The third-order valence-electron chi connectivity index (χ3n) is 3.03. The molecule has 0 aromatic carbocycles. The van der Waals surface area contributed by atoms with Crippen molar-refractivity contribution in [3.63, 3.8) is 0 Å². The topological polar surface area (TPSA) is 75.3 Å². The quantitative estimate of drug-likeness (QED) is 0.839. The highest BCUT2D eigenvalue weighted by Crippen LogP contribution is 2.30. The predicted molar refractivity (Wildman–Crippen MR) is 82.4 cm³/mol. The van der Waals surface area contributed by atoms with Gasteiger partial charge in [-0.25, -0.2) is 13.1 Å². The molecular formula is C13H22N2O3S2. The van der Waals surface area contributed by atoms with Crippen LogP contribution >= 0.6 is 11.3 Å². The molecule has 1 aromatic heterocycles. The molecule has 1 atom stereocenters. The minimum Gasteiger partial charge on any atom is -0.348 e. The average Bonchev–Trinajstić information content (AvgIpc) is 2.64. The molecule has 5 nitrogen and oxygen atoms in total. The lowest BCUT2D eigenvalue weighted by Gasteiger charge is -2.22. The van der Waals surface area contributed by atoms with E-state index in [1.165, 1.54) is 11.9 Å². The summed E-state index contributed by atoms with van der Waals surface area (Å²) in [6, 6.07) is 1.89. The molecule has 0 aliphatic rings. The van der Waals surface area contributed by atoms with Crippen LogP contribution in [0.25, 0.3) is 0 Å². The van der Waals surface area contributed by atoms with Gasteiger partial charge in [-0.15, -0.1) is 11.3 Å². The number of hydrogen-bond donors (Lipinski definition) is 2. The summed E-state index contributed by atoms with van der Waals surface area (Å²) in [4.78, 5) is 14.2. The maximum Gasteiger partial charge on any atom is 0.237 e. The van der Waals surface area contributed by atoms with Gasteiger partial charge in [0.2, 0.25) is 15.9 Å². The number of rotatable bonds is 6. The zero-order valence-electron chi connectivity index (χ0n) is 12.5. The van der Waals surface area contributed by atoms with Crippen molar-refractivity contribution in [1.82, 2.24) is 10.0 Å². The van der Waals surface area contributed by atoms with E-state index in [4.69, 9.17) is 0 Å². The van der Waals surface area contributed by atoms with Crippen LogP contribution in [0.4, 0.5) is 0 Å². The lowest BCUT2D eigenvalue weighted by molar-refractivity contribution is -0.119. The van der Waals surface area contributed by atoms with Gasteiger partial charge in [0, 0.05) is 9.75 Å². The molecule has 114 valence electrons. The van der Waals surface area contributed by atoms with Gasteiger partial charge < -0.3 is 5.32 Å². The van der Waals surface area contributed by atoms with E-state index in [2.05, 4.69) is 16.1 Å². The van der Waals surface area contributed by atoms with Gasteiger partial charge in [-0.3, -0.25) is 4.79 Å². The minimum absolute atomic E-state index is 0.167. The molecule has 0 unspecified atom stereocenters. The van der Waals surface area contributed by atoms with Crippen molar-refractivity contribution in [3.8, 4) is 0 Å². The van der Waals surface area contributed by atoms with Gasteiger partial charge in [-0.2, -0.15) is 0 Å². The van der Waals surface area contributed by atoms with Gasteiger partial charge in [0.1, 0.15) is 5.75 Å². The SMILES string of the molecule is CNS(=O)(=O)CC(=O)N[C@@H](c1cc(C)sc1C)C(C)C. The van der Waals surface area contributed by atoms with Crippen molar-refractivity contribution in [1.29, 1.82) is 0 Å². The Morgan fingerprint density at radius 2 is 1.95 bits per heavy atom. The summed E-state index contributed by atoms with van der Waals surface area (Å²) in [5.74, 6) is -0.847. The van der Waals surface area contributed by atoms with Crippen LogP contribution < -0.4 is 10.0 Å². The predicted octanol–water partition coefficient (Wildman–Crippen LogP) is 1.73. The van der Waals surface area contributed by atoms with Crippen LogP contribution in [0.1, 0.15) is 35.2 Å². The highest BCUT2D eigenvalue weighted by atomic mass is 32.2. The van der Waals surface area contributed by atoms with Crippen molar-refractivity contribution < 1.29 is 13.2 Å². The number of carbonyl (C=O) groups is 1. The summed E-state index contributed by atoms with van der Waals surface area (Å²) in [5.41, 5.74) is 1.07. The molecule has 7 heteroatoms. The number of nitrogens with one attached hydrogen (secondary N) is 2. The Labute approximate surface area is 124 Å². The highest BCUT2D eigenvalue weighted by Gasteiger charge is 2.23. The summed E-state index contributed by atoms with van der Waals surface area (Å²) < 4.78 is 24.9. The lowest BCUT2D eigenvalue weighted by atomic mass is 9.96. The van der Waals surface area contributed by atoms with E-state index >= 15 is 0 Å². The second kappa shape index (κ2) is 6.69. The van der Waals surface area contributed by atoms with Crippen LogP contribution in [0.15, 0.2) is 6.07 Å². The first kappa shape index (κ1) is 17.1. The van der Waals surface area contributed by atoms with Gasteiger partial charge in [0.25, 0.3) is 0 Å². The Hall–Kier alpha value is -0.920. The molecule has 1 aromatic rings. The number of amides is 1. The van der Waals surface area contributed by atoms with Gasteiger partial charge in [-0.05, 0) is 38.4 Å². The third-order valence-corrected chi connectivity index (χ3v) is 5.28. The summed E-state index contributed by atoms with van der Waals surface area (Å²) in [6.45, 7) is 8.04. The molecule has 1 heterocycles. The van der Waals surface area contributed by atoms with Gasteiger partial charge >= 0.3 is 0 Å². The molecule has 1 rings (SSSR count). The standard InChI is InChI=1S/C13H22N2O3S2/c1-8(2)13(11-6-9(3)19-10(11)4)15-12(16)7-20(17,18)14-5/h6,8,13-14H,7H2,1-5H3,(H,15,16)/t13-/m1/s1. The third kappa shape index (κ3) is 4.57. The Bertz CT molecular complexity index is 576. The van der Waals surface area contributed by atoms with Gasteiger partial charge in [0.05, 0.1) is 6.04 Å². The summed E-state index contributed by atoms with van der Waals surface area (Å²) in [5, 5.41) is 2.83. The van der Waals surface area contributed by atoms with E-state index in [0.717, 1.165) is 10.4 Å². The minimum atomic E-state index is -3.54. The molecule has 0 fully saturated rings. The summed E-state index contributed by atoms with van der Waals surface area (Å²) in [6.07, 6.45) is 0. The smallest absolute Gasteiger partial charge is 0.237 e. The molecule has 0 bridgehead atoms. The fraction of sp³-hybridized carbons (Fsp3) is 0.615. The van der Waals surface area contributed by atoms with Crippen molar-refractivity contribution >= 4 is 27.3 Å². The summed E-state index contributed by atoms with van der Waals surface area (Å²) in [7, 11) is -2.24. The van der Waals surface area contributed by atoms with E-state index < -0.39 is 21.7 Å². The maximum atomic E-state index is 11.9. The maximum absolute atomic E-state index is 11.9. The lowest BCUT2D eigenvalue weighted by Crippen LogP contribution is -2.38. The van der Waals surface area contributed by atoms with Crippen molar-refractivity contribution in [2.45, 2.75) is 33.7 Å². The van der Waals surface area contributed by atoms with E-state index in [1.54, 1.807) is 11.3 Å². The highest BCUT2D eigenvalue weighted by molar-refractivity contribution is 7.90. The first-order valence-electron chi connectivity index (χ1n) is 6.43. The average molecular weight is 318 g/mol. The fourth-order valence-corrected chi connectivity index (χ4v) is 3.57. The van der Waals surface area contributed by atoms with Crippen molar-refractivity contribution in [3.05, 3.63) is 21.4 Å². The number of aryl methyl sites for hydroxylation is 2. The first-order valence-corrected chi connectivity index (χ1v) is 8.90. The van der Waals surface area contributed by atoms with E-state index in [1.807, 2.05) is 27.7 Å². The number of sulfonamides is 1. The van der Waals surface area contributed by atoms with E-state index in [9.17, 15) is 13.2 Å². The van der Waals surface area contributed by atoms with Gasteiger partial charge in [0.15, 0.2) is 0 Å². The normalized spacial score (nSPS) is 13.5. The molecule has 20 heavy (non-hydrogen) atoms. The molecule has 0 saturated heterocycles. The largest absolute Gasteiger partial charge is 0.348 e. The Morgan fingerprint density at radius 3 is 2.35 bits per heavy atom. The second-order valence-corrected chi connectivity index (χ2v) is 8.51. The first-order chi connectivity index (χ1) is 9.16. The molecule has 0 aliphatic carbocycles. The molecule has 0 radical (unpaired) electrons. The Kier molecular flexibility index (Phi) is 5.73. The van der Waals surface area contributed by atoms with Crippen LogP contribution in [-0.4, -0.2) is 27.1 Å². The number of carbonyl (C=O) groups excluding carboxylic acids is 1. The van der Waals surface area contributed by atoms with Crippen LogP contribution in [0.2, 0.25) is 0 Å². The monoisotopic (exact) mass is 318 g/mol. The molecular weight excluding hydrogens is 296 g/mol. The van der Waals surface area contributed by atoms with Crippen molar-refractivity contribution in [2.75, 3.05) is 12.8 Å². The van der Waals surface area contributed by atoms with Crippen molar-refractivity contribution in [2.24, 2.45) is 5.92 Å². The van der Waals surface area contributed by atoms with Gasteiger partial charge in [-0.1, -0.05) is 13.8 Å². The Morgan fingerprint density at radius 1 is 1.35 bits per heavy atom. The number of hydrogen-bond acceptors (Lipinski definition) is 4. The molecule has 2 N–H and O–H groups in total. The van der Waals surface area contributed by atoms with Crippen LogP contribution in [-0.2, 0) is 14.8 Å². The molecule has 0 saturated carbocycles. The van der Waals surface area contributed by atoms with Crippen LogP contribution in [0, 0.1) is 19.8 Å². The second-order valence-electron chi connectivity index (χ2n) is 5.12. The summed E-state index contributed by atoms with van der Waals surface area (Å²) >= 11 is 1.68. The fourth-order valence-electron chi connectivity index (χ4n) is 2.02. The molecule has 0 aliphatic heterocycles. The zero-order chi connectivity index (χ0) is 15.5. The van der Waals surface area contributed by atoms with E-state index in [0.29, 0.717) is 0 Å². The zero-order valence-corrected chi connectivity index (χ0v) is 14.1. The van der Waals surface area contributed by atoms with Crippen LogP contribution in [0.3, 0.4) is 0 Å². The number of thiophene rings is 1. The molecule has 1 amide bonds. The Balaban J connectivity index is 2.89. The molecule has 0 spiro atoms.